The largest absolute Gasteiger partial charge is 0.453 e. The van der Waals surface area contributed by atoms with Crippen LogP contribution < -0.4 is 0 Å². The summed E-state index contributed by atoms with van der Waals surface area (Å²) in [7, 11) is 3.16. The van der Waals surface area contributed by atoms with E-state index < -0.39 is 0 Å². The van der Waals surface area contributed by atoms with Crippen molar-refractivity contribution in [2.24, 2.45) is 0 Å². The van der Waals surface area contributed by atoms with Gasteiger partial charge in [0.15, 0.2) is 0 Å². The molecule has 1 aromatic rings. The molecule has 0 spiro atoms. The Labute approximate surface area is 101 Å². The van der Waals surface area contributed by atoms with Crippen LogP contribution in [0, 0.1) is 0 Å². The number of carbonyl (C=O) groups excluding carboxylic acids is 1. The lowest BCUT2D eigenvalue weighted by Gasteiger charge is -2.26. The van der Waals surface area contributed by atoms with E-state index in [4.69, 9.17) is 4.74 Å². The normalized spacial score (nSPS) is 11.9. The molecule has 1 amide bonds. The molecule has 1 unspecified atom stereocenters. The van der Waals surface area contributed by atoms with Gasteiger partial charge < -0.3 is 4.74 Å². The van der Waals surface area contributed by atoms with Crippen LogP contribution in [-0.2, 0) is 4.74 Å². The molecular formula is C12H17NO2S. The number of rotatable bonds is 4. The van der Waals surface area contributed by atoms with Crippen molar-refractivity contribution in [3.8, 4) is 0 Å². The molecular weight excluding hydrogens is 222 g/mol. The first-order chi connectivity index (χ1) is 7.70. The average Bonchev–Trinajstić information content (AvgIpc) is 2.35. The molecule has 3 nitrogen and oxygen atoms in total. The molecule has 4 heteroatoms. The van der Waals surface area contributed by atoms with Crippen molar-refractivity contribution < 1.29 is 9.53 Å². The molecule has 0 bridgehead atoms. The van der Waals surface area contributed by atoms with E-state index in [9.17, 15) is 4.79 Å². The molecule has 88 valence electrons. The van der Waals surface area contributed by atoms with Gasteiger partial charge in [-0.25, -0.2) is 4.79 Å². The van der Waals surface area contributed by atoms with E-state index in [-0.39, 0.29) is 11.5 Å². The zero-order valence-electron chi connectivity index (χ0n) is 9.84. The van der Waals surface area contributed by atoms with Crippen molar-refractivity contribution >= 4 is 17.9 Å². The molecule has 16 heavy (non-hydrogen) atoms. The number of nitrogens with zero attached hydrogens (tertiary/aromatic N) is 1. The van der Waals surface area contributed by atoms with E-state index in [0.29, 0.717) is 0 Å². The van der Waals surface area contributed by atoms with E-state index in [0.717, 1.165) is 11.3 Å². The van der Waals surface area contributed by atoms with Gasteiger partial charge >= 0.3 is 6.09 Å². The summed E-state index contributed by atoms with van der Waals surface area (Å²) in [5.41, 5.74) is 1.11. The Bertz CT molecular complexity index is 329. The first-order valence-corrected chi connectivity index (χ1v) is 6.23. The lowest BCUT2D eigenvalue weighted by Crippen LogP contribution is -2.29. The third kappa shape index (κ3) is 3.17. The van der Waals surface area contributed by atoms with Gasteiger partial charge in [-0.15, -0.1) is 11.8 Å². The standard InChI is InChI=1S/C12H17NO2S/c1-4-16-11(13(2)12(14)15-3)10-8-6-5-7-9-10/h5-9,11H,4H2,1-3H3. The zero-order valence-corrected chi connectivity index (χ0v) is 10.7. The number of benzene rings is 1. The van der Waals surface area contributed by atoms with Crippen LogP contribution >= 0.6 is 11.8 Å². The second-order valence-electron chi connectivity index (χ2n) is 3.30. The molecule has 1 aromatic carbocycles. The van der Waals surface area contributed by atoms with Gasteiger partial charge in [-0.1, -0.05) is 37.3 Å². The van der Waals surface area contributed by atoms with Crippen molar-refractivity contribution in [1.82, 2.24) is 4.90 Å². The fourth-order valence-electron chi connectivity index (χ4n) is 1.45. The molecule has 0 aliphatic heterocycles. The Hall–Kier alpha value is -1.16. The Balaban J connectivity index is 2.86. The Morgan fingerprint density at radius 2 is 2.06 bits per heavy atom. The Kier molecular flexibility index (Phi) is 5.19. The first-order valence-electron chi connectivity index (χ1n) is 5.18. The maximum atomic E-state index is 11.5. The van der Waals surface area contributed by atoms with Crippen LogP contribution in [0.25, 0.3) is 0 Å². The number of amides is 1. The minimum absolute atomic E-state index is 0.0126. The zero-order chi connectivity index (χ0) is 12.0. The first kappa shape index (κ1) is 12.9. The summed E-state index contributed by atoms with van der Waals surface area (Å²) >= 11 is 1.71. The predicted molar refractivity (Wildman–Crippen MR) is 67.5 cm³/mol. The summed E-state index contributed by atoms with van der Waals surface area (Å²) in [6, 6.07) is 9.96. The average molecular weight is 239 g/mol. The topological polar surface area (TPSA) is 29.5 Å². The summed E-state index contributed by atoms with van der Waals surface area (Å²) in [5, 5.41) is 0.0126. The molecule has 0 radical (unpaired) electrons. The quantitative estimate of drug-likeness (QED) is 0.756. The SMILES string of the molecule is CCSC(c1ccccc1)N(C)C(=O)OC. The van der Waals surface area contributed by atoms with Crippen molar-refractivity contribution in [2.45, 2.75) is 12.3 Å². The van der Waals surface area contributed by atoms with E-state index in [1.165, 1.54) is 7.11 Å². The molecule has 1 rings (SSSR count). The molecule has 0 saturated carbocycles. The van der Waals surface area contributed by atoms with Crippen LogP contribution in [0.2, 0.25) is 0 Å². The summed E-state index contributed by atoms with van der Waals surface area (Å²) in [5.74, 6) is 0.945. The van der Waals surface area contributed by atoms with Crippen molar-refractivity contribution in [3.05, 3.63) is 35.9 Å². The summed E-state index contributed by atoms with van der Waals surface area (Å²) in [6.45, 7) is 2.08. The molecule has 0 fully saturated rings. The summed E-state index contributed by atoms with van der Waals surface area (Å²) in [4.78, 5) is 13.1. The molecule has 1 atom stereocenters. The molecule has 0 N–H and O–H groups in total. The lowest BCUT2D eigenvalue weighted by atomic mass is 10.2. The monoisotopic (exact) mass is 239 g/mol. The van der Waals surface area contributed by atoms with E-state index >= 15 is 0 Å². The minimum Gasteiger partial charge on any atom is -0.453 e. The van der Waals surface area contributed by atoms with Crippen molar-refractivity contribution in [3.63, 3.8) is 0 Å². The van der Waals surface area contributed by atoms with Crippen LogP contribution in [0.3, 0.4) is 0 Å². The van der Waals surface area contributed by atoms with Gasteiger partial charge in [0, 0.05) is 7.05 Å². The van der Waals surface area contributed by atoms with Crippen molar-refractivity contribution in [1.29, 1.82) is 0 Å². The second kappa shape index (κ2) is 6.43. The van der Waals surface area contributed by atoms with E-state index in [1.807, 2.05) is 30.3 Å². The van der Waals surface area contributed by atoms with Gasteiger partial charge in [-0.3, -0.25) is 4.90 Å². The van der Waals surface area contributed by atoms with Crippen LogP contribution in [0.15, 0.2) is 30.3 Å². The van der Waals surface area contributed by atoms with Crippen molar-refractivity contribution in [2.75, 3.05) is 19.9 Å². The molecule has 0 saturated heterocycles. The molecule has 0 aliphatic rings. The molecule has 0 heterocycles. The Morgan fingerprint density at radius 3 is 2.56 bits per heavy atom. The van der Waals surface area contributed by atoms with E-state index in [1.54, 1.807) is 23.7 Å². The van der Waals surface area contributed by atoms with Crippen LogP contribution in [-0.4, -0.2) is 30.9 Å². The maximum absolute atomic E-state index is 11.5. The number of thioether (sulfide) groups is 1. The predicted octanol–water partition coefficient (Wildman–Crippen LogP) is 3.14. The maximum Gasteiger partial charge on any atom is 0.410 e. The minimum atomic E-state index is -0.310. The highest BCUT2D eigenvalue weighted by Crippen LogP contribution is 2.31. The number of hydrogen-bond acceptors (Lipinski definition) is 3. The van der Waals surface area contributed by atoms with Crippen LogP contribution in [0.5, 0.6) is 0 Å². The number of hydrogen-bond donors (Lipinski definition) is 0. The molecule has 0 aliphatic carbocycles. The second-order valence-corrected chi connectivity index (χ2v) is 4.66. The third-order valence-electron chi connectivity index (χ3n) is 2.22. The van der Waals surface area contributed by atoms with Gasteiger partial charge in [-0.2, -0.15) is 0 Å². The number of carbonyl (C=O) groups is 1. The van der Waals surface area contributed by atoms with Gasteiger partial charge in [0.25, 0.3) is 0 Å². The smallest absolute Gasteiger partial charge is 0.410 e. The van der Waals surface area contributed by atoms with Crippen LogP contribution in [0.4, 0.5) is 4.79 Å². The highest BCUT2D eigenvalue weighted by atomic mass is 32.2. The summed E-state index contributed by atoms with van der Waals surface area (Å²) in [6.07, 6.45) is -0.310. The number of ether oxygens (including phenoxy) is 1. The van der Waals surface area contributed by atoms with Gasteiger partial charge in [0.2, 0.25) is 0 Å². The van der Waals surface area contributed by atoms with Gasteiger partial charge in [0.05, 0.1) is 7.11 Å². The van der Waals surface area contributed by atoms with Crippen LogP contribution in [0.1, 0.15) is 17.9 Å². The van der Waals surface area contributed by atoms with Gasteiger partial charge in [0.1, 0.15) is 5.37 Å². The fourth-order valence-corrected chi connectivity index (χ4v) is 2.42. The third-order valence-corrected chi connectivity index (χ3v) is 3.46. The summed E-state index contributed by atoms with van der Waals surface area (Å²) < 4.78 is 4.73. The fraction of sp³-hybridized carbons (Fsp3) is 0.417. The van der Waals surface area contributed by atoms with E-state index in [2.05, 4.69) is 6.92 Å². The molecule has 0 aromatic heterocycles. The highest BCUT2D eigenvalue weighted by molar-refractivity contribution is 7.99. The van der Waals surface area contributed by atoms with Gasteiger partial charge in [-0.05, 0) is 11.3 Å². The number of methoxy groups -OCH3 is 1. The lowest BCUT2D eigenvalue weighted by molar-refractivity contribution is 0.130. The Morgan fingerprint density at radius 1 is 1.44 bits per heavy atom. The highest BCUT2D eigenvalue weighted by Gasteiger charge is 2.21.